The molecule has 2 fully saturated rings. The van der Waals surface area contributed by atoms with Gasteiger partial charge in [0.1, 0.15) is 9.75 Å². The van der Waals surface area contributed by atoms with E-state index in [1.165, 1.54) is 10.4 Å². The van der Waals surface area contributed by atoms with Crippen molar-refractivity contribution >= 4 is 33.3 Å². The number of hydrogen-bond acceptors (Lipinski definition) is 5. The summed E-state index contributed by atoms with van der Waals surface area (Å²) < 4.78 is 26.5. The topological polar surface area (TPSA) is 95.6 Å². The molecular formula is C11H13N3O4S2. The number of imide groups is 1. The first kappa shape index (κ1) is 13.5. The van der Waals surface area contributed by atoms with Crippen molar-refractivity contribution in [2.24, 2.45) is 0 Å². The minimum absolute atomic E-state index is 0.0230. The second kappa shape index (κ2) is 4.54. The van der Waals surface area contributed by atoms with E-state index in [0.717, 1.165) is 11.3 Å². The van der Waals surface area contributed by atoms with Crippen molar-refractivity contribution in [2.45, 2.75) is 22.6 Å². The maximum atomic E-state index is 12.5. The van der Waals surface area contributed by atoms with E-state index >= 15 is 0 Å². The Morgan fingerprint density at radius 1 is 1.35 bits per heavy atom. The summed E-state index contributed by atoms with van der Waals surface area (Å²) in [6.45, 7) is 0.329. The van der Waals surface area contributed by atoms with Crippen LogP contribution in [0.4, 0.5) is 4.79 Å². The number of piperidine rings is 1. The van der Waals surface area contributed by atoms with E-state index in [1.807, 2.05) is 0 Å². The molecule has 1 aromatic rings. The molecule has 0 aliphatic carbocycles. The molecule has 0 radical (unpaired) electrons. The van der Waals surface area contributed by atoms with E-state index in [1.54, 1.807) is 11.4 Å². The quantitative estimate of drug-likeness (QED) is 0.757. The number of hydrogen-bond donors (Lipinski definition) is 2. The van der Waals surface area contributed by atoms with Gasteiger partial charge in [-0.25, -0.2) is 13.2 Å². The molecule has 2 aliphatic heterocycles. The summed E-state index contributed by atoms with van der Waals surface area (Å²) in [4.78, 5) is 23.2. The van der Waals surface area contributed by atoms with Crippen LogP contribution in [0.1, 0.15) is 12.8 Å². The van der Waals surface area contributed by atoms with Gasteiger partial charge in [-0.3, -0.25) is 10.1 Å². The molecule has 7 nitrogen and oxygen atoms in total. The number of carbonyl (C=O) groups is 2. The molecule has 1 aromatic heterocycles. The van der Waals surface area contributed by atoms with E-state index in [9.17, 15) is 18.0 Å². The van der Waals surface area contributed by atoms with Crippen LogP contribution >= 0.6 is 11.3 Å². The van der Waals surface area contributed by atoms with Crippen LogP contribution in [0.2, 0.25) is 0 Å². The Morgan fingerprint density at radius 3 is 2.75 bits per heavy atom. The number of nitrogens with one attached hydrogen (secondary N) is 2. The van der Waals surface area contributed by atoms with Crippen molar-refractivity contribution in [1.29, 1.82) is 0 Å². The molecule has 0 aromatic carbocycles. The lowest BCUT2D eigenvalue weighted by Crippen LogP contribution is -2.59. The lowest BCUT2D eigenvalue weighted by molar-refractivity contribution is -0.125. The molecule has 20 heavy (non-hydrogen) atoms. The number of sulfonamides is 1. The Bertz CT molecular complexity index is 655. The number of amides is 3. The minimum atomic E-state index is -3.60. The van der Waals surface area contributed by atoms with Gasteiger partial charge in [-0.2, -0.15) is 4.31 Å². The van der Waals surface area contributed by atoms with Gasteiger partial charge < -0.3 is 5.32 Å². The summed E-state index contributed by atoms with van der Waals surface area (Å²) in [5.41, 5.74) is -1.13. The highest BCUT2D eigenvalue weighted by Gasteiger charge is 2.50. The van der Waals surface area contributed by atoms with E-state index in [-0.39, 0.29) is 10.8 Å². The highest BCUT2D eigenvalue weighted by molar-refractivity contribution is 7.91. The summed E-state index contributed by atoms with van der Waals surface area (Å²) in [5.74, 6) is -0.450. The molecule has 108 valence electrons. The van der Waals surface area contributed by atoms with Gasteiger partial charge in [-0.15, -0.1) is 11.3 Å². The van der Waals surface area contributed by atoms with Crippen LogP contribution < -0.4 is 10.6 Å². The fourth-order valence-corrected chi connectivity index (χ4v) is 5.26. The Morgan fingerprint density at radius 2 is 2.15 bits per heavy atom. The number of thiophene rings is 1. The maximum absolute atomic E-state index is 12.5. The Labute approximate surface area is 120 Å². The van der Waals surface area contributed by atoms with Gasteiger partial charge >= 0.3 is 6.03 Å². The highest BCUT2D eigenvalue weighted by atomic mass is 32.2. The average molecular weight is 315 g/mol. The molecule has 2 N–H and O–H groups in total. The summed E-state index contributed by atoms with van der Waals surface area (Å²) in [6.07, 6.45) is 0.972. The third-order valence-corrected chi connectivity index (χ3v) is 6.78. The molecular weight excluding hydrogens is 302 g/mol. The average Bonchev–Trinajstić information content (AvgIpc) is 3.00. The van der Waals surface area contributed by atoms with Crippen LogP contribution in [-0.2, 0) is 14.8 Å². The molecule has 1 atom stereocenters. The van der Waals surface area contributed by atoms with Crippen molar-refractivity contribution < 1.29 is 18.0 Å². The first-order valence-electron chi connectivity index (χ1n) is 6.11. The van der Waals surface area contributed by atoms with Crippen LogP contribution in [0.5, 0.6) is 0 Å². The largest absolute Gasteiger partial charge is 0.322 e. The molecule has 3 rings (SSSR count). The van der Waals surface area contributed by atoms with Gasteiger partial charge in [-0.1, -0.05) is 6.07 Å². The molecule has 1 spiro atoms. The van der Waals surface area contributed by atoms with Gasteiger partial charge in [-0.05, 0) is 24.3 Å². The van der Waals surface area contributed by atoms with Gasteiger partial charge in [0.25, 0.3) is 15.9 Å². The van der Waals surface area contributed by atoms with Crippen molar-refractivity contribution in [2.75, 3.05) is 13.1 Å². The Kier molecular flexibility index (Phi) is 3.07. The molecule has 1 unspecified atom stereocenters. The first-order valence-corrected chi connectivity index (χ1v) is 8.43. The first-order chi connectivity index (χ1) is 9.44. The lowest BCUT2D eigenvalue weighted by atomic mass is 9.90. The number of nitrogens with zero attached hydrogens (tertiary/aromatic N) is 1. The van der Waals surface area contributed by atoms with Crippen molar-refractivity contribution in [3.8, 4) is 0 Å². The van der Waals surface area contributed by atoms with Crippen LogP contribution in [0.3, 0.4) is 0 Å². The van der Waals surface area contributed by atoms with Crippen LogP contribution in [0.25, 0.3) is 0 Å². The van der Waals surface area contributed by atoms with E-state index in [4.69, 9.17) is 0 Å². The lowest BCUT2D eigenvalue weighted by Gasteiger charge is -2.36. The zero-order chi connectivity index (χ0) is 14.4. The number of urea groups is 1. The third kappa shape index (κ3) is 2.02. The zero-order valence-electron chi connectivity index (χ0n) is 10.5. The molecule has 3 heterocycles. The number of carbonyl (C=O) groups excluding carboxylic acids is 2. The fraction of sp³-hybridized carbons (Fsp3) is 0.455. The predicted octanol–water partition coefficient (Wildman–Crippen LogP) is 0.111. The zero-order valence-corrected chi connectivity index (χ0v) is 12.1. The predicted molar refractivity (Wildman–Crippen MR) is 71.7 cm³/mol. The van der Waals surface area contributed by atoms with Gasteiger partial charge in [0.05, 0.1) is 0 Å². The van der Waals surface area contributed by atoms with Crippen LogP contribution in [0.15, 0.2) is 21.7 Å². The standard InChI is InChI=1S/C11H13N3O4S2/c15-9-11(13-10(16)12-9)4-2-5-14(7-11)20(17,18)8-3-1-6-19-8/h1,3,6H,2,4-5,7H2,(H2,12,13,15,16). The SMILES string of the molecule is O=C1NC(=O)C2(CCCN(S(=O)(=O)c3cccs3)C2)N1. The van der Waals surface area contributed by atoms with Gasteiger partial charge in [0, 0.05) is 13.1 Å². The summed E-state index contributed by atoms with van der Waals surface area (Å²) in [7, 11) is -3.60. The normalized spacial score (nSPS) is 27.6. The monoisotopic (exact) mass is 315 g/mol. The van der Waals surface area contributed by atoms with Gasteiger partial charge in [0.15, 0.2) is 0 Å². The maximum Gasteiger partial charge on any atom is 0.322 e. The molecule has 0 saturated carbocycles. The fourth-order valence-electron chi connectivity index (χ4n) is 2.57. The van der Waals surface area contributed by atoms with E-state index < -0.39 is 27.5 Å². The molecule has 0 bridgehead atoms. The second-order valence-corrected chi connectivity index (χ2v) is 7.98. The molecule has 2 aliphatic rings. The van der Waals surface area contributed by atoms with Crippen molar-refractivity contribution in [3.63, 3.8) is 0 Å². The van der Waals surface area contributed by atoms with Gasteiger partial charge in [0.2, 0.25) is 0 Å². The Balaban J connectivity index is 1.90. The molecule has 2 saturated heterocycles. The van der Waals surface area contributed by atoms with E-state index in [2.05, 4.69) is 10.6 Å². The highest BCUT2D eigenvalue weighted by Crippen LogP contribution is 2.29. The van der Waals surface area contributed by atoms with E-state index in [0.29, 0.717) is 19.4 Å². The van der Waals surface area contributed by atoms with Crippen LogP contribution in [0, 0.1) is 0 Å². The Hall–Kier alpha value is -1.45. The molecule has 3 amide bonds. The summed E-state index contributed by atoms with van der Waals surface area (Å²) in [5, 5.41) is 6.43. The minimum Gasteiger partial charge on any atom is -0.322 e. The smallest absolute Gasteiger partial charge is 0.322 e. The summed E-state index contributed by atoms with van der Waals surface area (Å²) >= 11 is 1.14. The van der Waals surface area contributed by atoms with Crippen molar-refractivity contribution in [3.05, 3.63) is 17.5 Å². The van der Waals surface area contributed by atoms with Crippen molar-refractivity contribution in [1.82, 2.24) is 14.9 Å². The molecule has 9 heteroatoms. The third-order valence-electron chi connectivity index (χ3n) is 3.56. The number of rotatable bonds is 2. The van der Waals surface area contributed by atoms with Crippen LogP contribution in [-0.4, -0.2) is 43.3 Å². The second-order valence-electron chi connectivity index (χ2n) is 4.86. The summed E-state index contributed by atoms with van der Waals surface area (Å²) in [6, 6.07) is 2.64.